The van der Waals surface area contributed by atoms with E-state index in [0.29, 0.717) is 0 Å². The Kier molecular flexibility index (Phi) is 6.00. The van der Waals surface area contributed by atoms with E-state index in [1.165, 1.54) is 55.4 Å². The van der Waals surface area contributed by atoms with Crippen LogP contribution in [0, 0.1) is 13.8 Å². The van der Waals surface area contributed by atoms with Crippen molar-refractivity contribution < 1.29 is 0 Å². The second-order valence-electron chi connectivity index (χ2n) is 8.47. The van der Waals surface area contributed by atoms with Crippen molar-refractivity contribution in [3.8, 4) is 22.5 Å². The zero-order valence-corrected chi connectivity index (χ0v) is 19.8. The summed E-state index contributed by atoms with van der Waals surface area (Å²) in [7, 11) is 0. The van der Waals surface area contributed by atoms with Gasteiger partial charge in [0.2, 0.25) is 0 Å². The predicted molar refractivity (Wildman–Crippen MR) is 134 cm³/mol. The van der Waals surface area contributed by atoms with Gasteiger partial charge in [0.25, 0.3) is 0 Å². The number of hydrogen-bond acceptors (Lipinski definition) is 1. The topological polar surface area (TPSA) is 28.7 Å². The van der Waals surface area contributed by atoms with Gasteiger partial charge in [-0.05, 0) is 72.9 Å². The van der Waals surface area contributed by atoms with Gasteiger partial charge < -0.3 is 4.98 Å². The Balaban J connectivity index is 2.17. The number of aryl methyl sites for hydroxylation is 6. The van der Waals surface area contributed by atoms with Crippen molar-refractivity contribution in [3.05, 3.63) is 76.0 Å². The molecule has 2 heteroatoms. The monoisotopic (exact) mass is 410 g/mol. The summed E-state index contributed by atoms with van der Waals surface area (Å²) >= 11 is 0. The number of fused-ring (bicyclic) bond motifs is 1. The number of aromatic amines is 1. The molecule has 0 aliphatic heterocycles. The summed E-state index contributed by atoms with van der Waals surface area (Å²) in [5, 5.41) is 1.32. The minimum Gasteiger partial charge on any atom is -0.359 e. The lowest BCUT2D eigenvalue weighted by molar-refractivity contribution is 1.07. The number of rotatable bonds is 6. The molecule has 2 aromatic heterocycles. The Morgan fingerprint density at radius 1 is 0.677 bits per heavy atom. The first kappa shape index (κ1) is 21.4. The molecule has 0 atom stereocenters. The van der Waals surface area contributed by atoms with Gasteiger partial charge in [-0.2, -0.15) is 0 Å². The number of hydrogen-bond donors (Lipinski definition) is 1. The summed E-state index contributed by atoms with van der Waals surface area (Å²) in [5.74, 6) is 0. The van der Waals surface area contributed by atoms with Crippen LogP contribution in [0.2, 0.25) is 0 Å². The molecule has 0 aliphatic rings. The van der Waals surface area contributed by atoms with Gasteiger partial charge in [-0.3, -0.25) is 0 Å². The number of benzene rings is 2. The average Bonchev–Trinajstić information content (AvgIpc) is 3.20. The second kappa shape index (κ2) is 8.70. The maximum absolute atomic E-state index is 5.46. The highest BCUT2D eigenvalue weighted by Gasteiger charge is 2.22. The molecule has 2 nitrogen and oxygen atoms in total. The van der Waals surface area contributed by atoms with Crippen LogP contribution in [0.25, 0.3) is 33.4 Å². The SMILES string of the molecule is CCc1cccc(CC)c1-c1nc(-c2c(CC)cccc2CC)c2[nH]cc(C)c2c1C. The molecule has 160 valence electrons. The lowest BCUT2D eigenvalue weighted by atomic mass is 9.89. The van der Waals surface area contributed by atoms with E-state index in [1.807, 2.05) is 0 Å². The van der Waals surface area contributed by atoms with Crippen LogP contribution in [-0.2, 0) is 25.7 Å². The summed E-state index contributed by atoms with van der Waals surface area (Å²) in [6.07, 6.45) is 6.16. The molecule has 0 bridgehead atoms. The molecule has 0 spiro atoms. The van der Waals surface area contributed by atoms with E-state index < -0.39 is 0 Å². The fourth-order valence-electron chi connectivity index (χ4n) is 5.08. The maximum atomic E-state index is 5.46. The number of nitrogens with one attached hydrogen (secondary N) is 1. The third-order valence-corrected chi connectivity index (χ3v) is 6.74. The van der Waals surface area contributed by atoms with Crippen molar-refractivity contribution in [3.63, 3.8) is 0 Å². The summed E-state index contributed by atoms with van der Waals surface area (Å²) in [6.45, 7) is 13.4. The zero-order chi connectivity index (χ0) is 22.1. The van der Waals surface area contributed by atoms with Crippen molar-refractivity contribution in [1.82, 2.24) is 9.97 Å². The Bertz CT molecular complexity index is 1200. The Hall–Kier alpha value is -2.87. The molecule has 0 fully saturated rings. The first-order valence-corrected chi connectivity index (χ1v) is 11.8. The smallest absolute Gasteiger partial charge is 0.0956 e. The van der Waals surface area contributed by atoms with Crippen LogP contribution in [0.3, 0.4) is 0 Å². The zero-order valence-electron chi connectivity index (χ0n) is 19.8. The van der Waals surface area contributed by atoms with Gasteiger partial charge >= 0.3 is 0 Å². The van der Waals surface area contributed by atoms with Crippen molar-refractivity contribution in [2.75, 3.05) is 0 Å². The molecule has 0 saturated carbocycles. The lowest BCUT2D eigenvalue weighted by Gasteiger charge is -2.20. The highest BCUT2D eigenvalue weighted by Crippen LogP contribution is 2.40. The minimum atomic E-state index is 1.00. The van der Waals surface area contributed by atoms with Crippen LogP contribution in [0.1, 0.15) is 61.1 Å². The molecule has 0 amide bonds. The van der Waals surface area contributed by atoms with E-state index in [-0.39, 0.29) is 0 Å². The molecule has 1 N–H and O–H groups in total. The summed E-state index contributed by atoms with van der Waals surface area (Å²) < 4.78 is 0. The molecule has 0 aliphatic carbocycles. The largest absolute Gasteiger partial charge is 0.359 e. The van der Waals surface area contributed by atoms with Crippen molar-refractivity contribution in [1.29, 1.82) is 0 Å². The van der Waals surface area contributed by atoms with Crippen LogP contribution >= 0.6 is 0 Å². The molecule has 31 heavy (non-hydrogen) atoms. The number of aromatic nitrogens is 2. The third kappa shape index (κ3) is 3.48. The molecule has 0 radical (unpaired) electrons. The standard InChI is InChI=1S/C29H34N2/c1-7-20-13-11-14-21(8-2)25(20)27-19(6)24-18(5)17-30-28(24)29(31-27)26-22(9-3)15-12-16-23(26)10-4/h11-17,30H,7-10H2,1-6H3. The van der Waals surface area contributed by atoms with E-state index >= 15 is 0 Å². The normalized spacial score (nSPS) is 11.4. The highest BCUT2D eigenvalue weighted by atomic mass is 14.8. The van der Waals surface area contributed by atoms with Gasteiger partial charge in [0.05, 0.1) is 16.9 Å². The Morgan fingerprint density at radius 3 is 1.58 bits per heavy atom. The second-order valence-corrected chi connectivity index (χ2v) is 8.47. The summed E-state index contributed by atoms with van der Waals surface area (Å²) in [6, 6.07) is 13.4. The van der Waals surface area contributed by atoms with E-state index in [0.717, 1.165) is 37.1 Å². The molecule has 2 aromatic carbocycles. The first-order chi connectivity index (χ1) is 15.0. The highest BCUT2D eigenvalue weighted by molar-refractivity contribution is 6.00. The molecular formula is C29H34N2. The van der Waals surface area contributed by atoms with Crippen LogP contribution in [0.4, 0.5) is 0 Å². The van der Waals surface area contributed by atoms with Gasteiger partial charge in [0.15, 0.2) is 0 Å². The molecule has 2 heterocycles. The van der Waals surface area contributed by atoms with Gasteiger partial charge in [-0.25, -0.2) is 4.98 Å². The van der Waals surface area contributed by atoms with E-state index in [2.05, 4.69) is 89.1 Å². The van der Waals surface area contributed by atoms with E-state index in [4.69, 9.17) is 4.98 Å². The third-order valence-electron chi connectivity index (χ3n) is 6.74. The fourth-order valence-corrected chi connectivity index (χ4v) is 5.08. The van der Waals surface area contributed by atoms with Crippen molar-refractivity contribution in [2.24, 2.45) is 0 Å². The molecule has 4 aromatic rings. The van der Waals surface area contributed by atoms with Crippen LogP contribution in [0.15, 0.2) is 42.6 Å². The van der Waals surface area contributed by atoms with Gasteiger partial charge in [0, 0.05) is 22.7 Å². The fraction of sp³-hybridized carbons (Fsp3) is 0.345. The number of nitrogens with zero attached hydrogens (tertiary/aromatic N) is 1. The van der Waals surface area contributed by atoms with Crippen LogP contribution in [0.5, 0.6) is 0 Å². The number of pyridine rings is 1. The van der Waals surface area contributed by atoms with Crippen LogP contribution in [-0.4, -0.2) is 9.97 Å². The molecule has 4 rings (SSSR count). The molecule has 0 saturated heterocycles. The lowest BCUT2D eigenvalue weighted by Crippen LogP contribution is -2.03. The minimum absolute atomic E-state index is 1.00. The van der Waals surface area contributed by atoms with Crippen molar-refractivity contribution >= 4 is 10.9 Å². The Morgan fingerprint density at radius 2 is 1.13 bits per heavy atom. The van der Waals surface area contributed by atoms with Gasteiger partial charge in [-0.15, -0.1) is 0 Å². The quantitative estimate of drug-likeness (QED) is 0.345. The summed E-state index contributed by atoms with van der Waals surface area (Å²) in [4.78, 5) is 9.03. The maximum Gasteiger partial charge on any atom is 0.0956 e. The molecule has 0 unspecified atom stereocenters. The first-order valence-electron chi connectivity index (χ1n) is 11.8. The predicted octanol–water partition coefficient (Wildman–Crippen LogP) is 7.76. The van der Waals surface area contributed by atoms with Crippen molar-refractivity contribution in [2.45, 2.75) is 67.2 Å². The van der Waals surface area contributed by atoms with E-state index in [9.17, 15) is 0 Å². The number of H-pyrrole nitrogens is 1. The van der Waals surface area contributed by atoms with E-state index in [1.54, 1.807) is 0 Å². The van der Waals surface area contributed by atoms with Gasteiger partial charge in [-0.1, -0.05) is 64.1 Å². The summed E-state index contributed by atoms with van der Waals surface area (Å²) in [5.41, 5.74) is 14.1. The molecular weight excluding hydrogens is 376 g/mol. The van der Waals surface area contributed by atoms with Crippen LogP contribution < -0.4 is 0 Å². The van der Waals surface area contributed by atoms with Gasteiger partial charge in [0.1, 0.15) is 0 Å². The average molecular weight is 411 g/mol. The Labute approximate surface area is 186 Å².